The lowest BCUT2D eigenvalue weighted by atomic mass is 10.1. The highest BCUT2D eigenvalue weighted by Crippen LogP contribution is 2.31. The van der Waals surface area contributed by atoms with Gasteiger partial charge in [0.15, 0.2) is 11.5 Å². The zero-order chi connectivity index (χ0) is 18.9. The topological polar surface area (TPSA) is 113 Å². The molecule has 26 heavy (non-hydrogen) atoms. The summed E-state index contributed by atoms with van der Waals surface area (Å²) in [5, 5.41) is 10.0. The first-order chi connectivity index (χ1) is 12.3. The number of benzene rings is 1. The number of phenols is 1. The number of rotatable bonds is 5. The second-order valence-corrected chi connectivity index (χ2v) is 8.16. The summed E-state index contributed by atoms with van der Waals surface area (Å²) in [6.07, 6.45) is 1.48. The number of nitrogens with one attached hydrogen (secondary N) is 1. The lowest BCUT2D eigenvalue weighted by molar-refractivity contribution is 0.236. The number of hydrogen-bond acceptors (Lipinski definition) is 7. The highest BCUT2D eigenvalue weighted by molar-refractivity contribution is 7.90. The van der Waals surface area contributed by atoms with Crippen LogP contribution in [-0.2, 0) is 29.3 Å². The maximum absolute atomic E-state index is 12.3. The van der Waals surface area contributed by atoms with Crippen molar-refractivity contribution in [1.82, 2.24) is 14.9 Å². The molecule has 0 radical (unpaired) electrons. The van der Waals surface area contributed by atoms with Crippen LogP contribution in [0.2, 0.25) is 0 Å². The molecule has 2 aromatic rings. The van der Waals surface area contributed by atoms with Crippen molar-refractivity contribution < 1.29 is 18.3 Å². The number of hydrogen-bond donors (Lipinski definition) is 2. The molecule has 0 unspecified atom stereocenters. The Kier molecular flexibility index (Phi) is 5.01. The molecule has 0 spiro atoms. The minimum absolute atomic E-state index is 0.0969. The Balaban J connectivity index is 1.84. The average Bonchev–Trinajstić information content (AvgIpc) is 2.58. The molecule has 0 saturated heterocycles. The van der Waals surface area contributed by atoms with E-state index in [1.54, 1.807) is 6.07 Å². The highest BCUT2D eigenvalue weighted by Gasteiger charge is 2.24. The van der Waals surface area contributed by atoms with E-state index in [1.807, 2.05) is 24.0 Å². The van der Waals surface area contributed by atoms with Crippen LogP contribution in [0.25, 0.3) is 0 Å². The van der Waals surface area contributed by atoms with E-state index >= 15 is 0 Å². The third-order valence-electron chi connectivity index (χ3n) is 4.25. The van der Waals surface area contributed by atoms with E-state index in [9.17, 15) is 18.3 Å². The number of ether oxygens (including phenoxy) is 1. The summed E-state index contributed by atoms with van der Waals surface area (Å²) in [5.41, 5.74) is 1.24. The molecular formula is C17H21N3O5S. The Morgan fingerprint density at radius 1 is 1.38 bits per heavy atom. The van der Waals surface area contributed by atoms with Crippen molar-refractivity contribution in [2.24, 2.45) is 0 Å². The van der Waals surface area contributed by atoms with E-state index < -0.39 is 15.4 Å². The number of nitrogens with zero attached hydrogens (tertiary/aromatic N) is 2. The molecule has 2 heterocycles. The molecular weight excluding hydrogens is 358 g/mol. The van der Waals surface area contributed by atoms with Crippen LogP contribution in [0.5, 0.6) is 11.5 Å². The molecule has 1 aromatic carbocycles. The number of fused-ring (bicyclic) bond motifs is 1. The van der Waals surface area contributed by atoms with Gasteiger partial charge in [-0.2, -0.15) is 0 Å². The van der Waals surface area contributed by atoms with Gasteiger partial charge >= 0.3 is 0 Å². The van der Waals surface area contributed by atoms with Gasteiger partial charge in [0.1, 0.15) is 0 Å². The van der Waals surface area contributed by atoms with Crippen LogP contribution in [0, 0.1) is 0 Å². The molecule has 2 N–H and O–H groups in total. The zero-order valence-corrected chi connectivity index (χ0v) is 15.5. The molecule has 0 amide bonds. The molecule has 3 rings (SSSR count). The smallest absolute Gasteiger partial charge is 0.256 e. The van der Waals surface area contributed by atoms with Crippen LogP contribution in [0.15, 0.2) is 28.2 Å². The van der Waals surface area contributed by atoms with Crippen LogP contribution < -0.4 is 10.3 Å². The first-order valence-electron chi connectivity index (χ1n) is 8.27. The van der Waals surface area contributed by atoms with Gasteiger partial charge < -0.3 is 9.84 Å². The molecule has 140 valence electrons. The van der Waals surface area contributed by atoms with E-state index in [4.69, 9.17) is 4.74 Å². The van der Waals surface area contributed by atoms with Gasteiger partial charge in [0.2, 0.25) is 15.0 Å². The second-order valence-electron chi connectivity index (χ2n) is 6.23. The second kappa shape index (κ2) is 7.08. The van der Waals surface area contributed by atoms with E-state index in [0.29, 0.717) is 55.2 Å². The van der Waals surface area contributed by atoms with Gasteiger partial charge in [-0.3, -0.25) is 14.7 Å². The van der Waals surface area contributed by atoms with E-state index in [1.165, 1.54) is 0 Å². The third kappa shape index (κ3) is 3.73. The van der Waals surface area contributed by atoms with Crippen molar-refractivity contribution in [2.75, 3.05) is 19.4 Å². The normalized spacial score (nSPS) is 14.8. The van der Waals surface area contributed by atoms with Gasteiger partial charge in [0, 0.05) is 37.9 Å². The number of aromatic nitrogens is 2. The van der Waals surface area contributed by atoms with Crippen LogP contribution in [-0.4, -0.2) is 47.8 Å². The molecule has 0 saturated carbocycles. The molecule has 1 aromatic heterocycles. The van der Waals surface area contributed by atoms with Crippen LogP contribution in [0.3, 0.4) is 0 Å². The summed E-state index contributed by atoms with van der Waals surface area (Å²) in [6.45, 7) is 3.68. The first kappa shape index (κ1) is 18.4. The molecule has 9 heteroatoms. The average molecular weight is 379 g/mol. The predicted octanol–water partition coefficient (Wildman–Crippen LogP) is 0.836. The Morgan fingerprint density at radius 2 is 2.15 bits per heavy atom. The predicted molar refractivity (Wildman–Crippen MR) is 95.1 cm³/mol. The van der Waals surface area contributed by atoms with Crippen molar-refractivity contribution in [3.63, 3.8) is 0 Å². The molecule has 1 aliphatic heterocycles. The third-order valence-corrected chi connectivity index (χ3v) is 5.15. The van der Waals surface area contributed by atoms with Crippen molar-refractivity contribution in [3.8, 4) is 11.5 Å². The van der Waals surface area contributed by atoms with Gasteiger partial charge in [-0.1, -0.05) is 12.1 Å². The fourth-order valence-electron chi connectivity index (χ4n) is 2.98. The van der Waals surface area contributed by atoms with E-state index in [-0.39, 0.29) is 10.9 Å². The van der Waals surface area contributed by atoms with Gasteiger partial charge in [-0.15, -0.1) is 0 Å². The summed E-state index contributed by atoms with van der Waals surface area (Å²) < 4.78 is 28.6. The summed E-state index contributed by atoms with van der Waals surface area (Å²) in [7, 11) is -3.56. The fourth-order valence-corrected chi connectivity index (χ4v) is 3.53. The molecule has 0 atom stereocenters. The Morgan fingerprint density at radius 3 is 2.85 bits per heavy atom. The fraction of sp³-hybridized carbons (Fsp3) is 0.412. The minimum Gasteiger partial charge on any atom is -0.504 e. The molecule has 8 nitrogen and oxygen atoms in total. The first-order valence-corrected chi connectivity index (χ1v) is 10.2. The maximum Gasteiger partial charge on any atom is 0.256 e. The zero-order valence-electron chi connectivity index (χ0n) is 14.7. The van der Waals surface area contributed by atoms with Gasteiger partial charge in [-0.25, -0.2) is 13.4 Å². The SMILES string of the molecule is CCOc1cccc(CN2CCc3nc(S(C)(=O)=O)[nH]c(=O)c3C2)c1O. The van der Waals surface area contributed by atoms with Crippen LogP contribution in [0.1, 0.15) is 23.7 Å². The van der Waals surface area contributed by atoms with Crippen molar-refractivity contribution in [2.45, 2.75) is 31.6 Å². The number of phenolic OH excluding ortho intramolecular Hbond substituents is 1. The lowest BCUT2D eigenvalue weighted by Gasteiger charge is -2.28. The van der Waals surface area contributed by atoms with Gasteiger partial charge in [0.25, 0.3) is 5.56 Å². The van der Waals surface area contributed by atoms with Crippen molar-refractivity contribution in [1.29, 1.82) is 0 Å². The van der Waals surface area contributed by atoms with Gasteiger partial charge in [-0.05, 0) is 13.0 Å². The Labute approximate surface area is 151 Å². The number of H-pyrrole nitrogens is 1. The number of aromatic amines is 1. The largest absolute Gasteiger partial charge is 0.504 e. The number of para-hydroxylation sites is 1. The standard InChI is InChI=1S/C17H21N3O5S/c1-3-25-14-6-4-5-11(15(14)21)9-20-8-7-13-12(10-20)16(22)19-17(18-13)26(2,23)24/h4-6,21H,3,7-10H2,1-2H3,(H,18,19,22). The summed E-state index contributed by atoms with van der Waals surface area (Å²) in [4.78, 5) is 20.7. The van der Waals surface area contributed by atoms with Crippen molar-refractivity contribution >= 4 is 9.84 Å². The summed E-state index contributed by atoms with van der Waals surface area (Å²) in [5.74, 6) is 0.527. The van der Waals surface area contributed by atoms with Crippen LogP contribution in [0.4, 0.5) is 0 Å². The minimum atomic E-state index is -3.56. The molecule has 1 aliphatic rings. The Hall–Kier alpha value is -2.39. The quantitative estimate of drug-likeness (QED) is 0.740. The van der Waals surface area contributed by atoms with Crippen LogP contribution >= 0.6 is 0 Å². The highest BCUT2D eigenvalue weighted by atomic mass is 32.2. The summed E-state index contributed by atoms with van der Waals surface area (Å²) in [6, 6.07) is 5.32. The Bertz CT molecular complexity index is 984. The summed E-state index contributed by atoms with van der Waals surface area (Å²) >= 11 is 0. The molecule has 0 fully saturated rings. The number of sulfone groups is 1. The maximum atomic E-state index is 12.3. The number of aromatic hydroxyl groups is 1. The monoisotopic (exact) mass is 379 g/mol. The van der Waals surface area contributed by atoms with Gasteiger partial charge in [0.05, 0.1) is 17.9 Å². The van der Waals surface area contributed by atoms with Crippen molar-refractivity contribution in [3.05, 3.63) is 45.4 Å². The molecule has 0 aliphatic carbocycles. The van der Waals surface area contributed by atoms with E-state index in [0.717, 1.165) is 6.26 Å². The van der Waals surface area contributed by atoms with E-state index in [2.05, 4.69) is 9.97 Å². The lowest BCUT2D eigenvalue weighted by Crippen LogP contribution is -2.36. The molecule has 0 bridgehead atoms.